The number of aromatic nitrogens is 2. The van der Waals surface area contributed by atoms with Crippen LogP contribution in [-0.2, 0) is 11.3 Å². The third-order valence-corrected chi connectivity index (χ3v) is 2.48. The maximum absolute atomic E-state index is 11.4. The summed E-state index contributed by atoms with van der Waals surface area (Å²) in [4.78, 5) is 11.4. The Hall–Kier alpha value is -1.32. The van der Waals surface area contributed by atoms with Crippen LogP contribution >= 0.6 is 0 Å². The molecular formula is C10H14N2O2. The van der Waals surface area contributed by atoms with Crippen LogP contribution in [0, 0.1) is 0 Å². The molecule has 0 spiro atoms. The Morgan fingerprint density at radius 3 is 2.93 bits per heavy atom. The number of hydrogen-bond donors (Lipinski definition) is 0. The van der Waals surface area contributed by atoms with E-state index in [1.165, 1.54) is 7.11 Å². The number of carbonyl (C=O) groups is 1. The first-order chi connectivity index (χ1) is 6.76. The highest BCUT2D eigenvalue weighted by Gasteiger charge is 2.31. The number of carbonyl (C=O) groups excluding carboxylic acids is 1. The predicted octanol–water partition coefficient (Wildman–Crippen LogP) is 1.57. The maximum Gasteiger partial charge on any atom is 0.341 e. The minimum Gasteiger partial charge on any atom is -0.465 e. The van der Waals surface area contributed by atoms with Crippen molar-refractivity contribution in [3.8, 4) is 0 Å². The van der Waals surface area contributed by atoms with Gasteiger partial charge in [0.2, 0.25) is 0 Å². The first-order valence-electron chi connectivity index (χ1n) is 4.92. The minimum atomic E-state index is -0.272. The van der Waals surface area contributed by atoms with Gasteiger partial charge in [0.05, 0.1) is 12.8 Å². The lowest BCUT2D eigenvalue weighted by Gasteiger charge is -1.96. The molecule has 1 saturated carbocycles. The molecule has 0 N–H and O–H groups in total. The summed E-state index contributed by atoms with van der Waals surface area (Å²) in [7, 11) is 1.41. The second-order valence-corrected chi connectivity index (χ2v) is 3.55. The van der Waals surface area contributed by atoms with E-state index in [2.05, 4.69) is 5.10 Å². The smallest absolute Gasteiger partial charge is 0.341 e. The van der Waals surface area contributed by atoms with Crippen molar-refractivity contribution in [1.82, 2.24) is 9.78 Å². The summed E-state index contributed by atoms with van der Waals surface area (Å²) in [5, 5.41) is 4.38. The summed E-state index contributed by atoms with van der Waals surface area (Å²) in [5.74, 6) is 0.212. The molecule has 2 rings (SSSR count). The van der Waals surface area contributed by atoms with Crippen LogP contribution < -0.4 is 0 Å². The van der Waals surface area contributed by atoms with Gasteiger partial charge >= 0.3 is 5.97 Å². The molecule has 0 saturated heterocycles. The van der Waals surface area contributed by atoms with Gasteiger partial charge in [-0.15, -0.1) is 0 Å². The lowest BCUT2D eigenvalue weighted by Crippen LogP contribution is -2.02. The number of aryl methyl sites for hydroxylation is 1. The lowest BCUT2D eigenvalue weighted by molar-refractivity contribution is 0.0599. The third-order valence-electron chi connectivity index (χ3n) is 2.48. The highest BCUT2D eigenvalue weighted by molar-refractivity contribution is 5.90. The molecular weight excluding hydrogens is 180 g/mol. The van der Waals surface area contributed by atoms with Crippen molar-refractivity contribution in [2.45, 2.75) is 32.2 Å². The zero-order chi connectivity index (χ0) is 10.1. The maximum atomic E-state index is 11.4. The van der Waals surface area contributed by atoms with Gasteiger partial charge in [-0.1, -0.05) is 0 Å². The van der Waals surface area contributed by atoms with E-state index in [1.807, 2.05) is 6.92 Å². The molecule has 0 amide bonds. The van der Waals surface area contributed by atoms with Crippen LogP contribution in [0.4, 0.5) is 0 Å². The number of ether oxygens (including phenoxy) is 1. The number of hydrogen-bond acceptors (Lipinski definition) is 3. The van der Waals surface area contributed by atoms with Gasteiger partial charge in [0.15, 0.2) is 0 Å². The lowest BCUT2D eigenvalue weighted by atomic mass is 10.2. The zero-order valence-electron chi connectivity index (χ0n) is 8.49. The van der Waals surface area contributed by atoms with Crippen LogP contribution in [0.3, 0.4) is 0 Å². The van der Waals surface area contributed by atoms with E-state index in [9.17, 15) is 4.79 Å². The Bertz CT molecular complexity index is 353. The molecule has 1 aromatic rings. The van der Waals surface area contributed by atoms with E-state index in [-0.39, 0.29) is 5.97 Å². The fourth-order valence-electron chi connectivity index (χ4n) is 1.52. The molecule has 0 unspecified atom stereocenters. The highest BCUT2D eigenvalue weighted by Crippen LogP contribution is 2.40. The van der Waals surface area contributed by atoms with Crippen LogP contribution in [0.25, 0.3) is 0 Å². The Morgan fingerprint density at radius 2 is 2.43 bits per heavy atom. The summed E-state index contributed by atoms with van der Waals surface area (Å²) < 4.78 is 6.51. The van der Waals surface area contributed by atoms with Crippen LogP contribution in [-0.4, -0.2) is 22.9 Å². The van der Waals surface area contributed by atoms with Crippen molar-refractivity contribution in [3.05, 3.63) is 17.5 Å². The number of nitrogens with zero attached hydrogens (tertiary/aromatic N) is 2. The number of methoxy groups -OCH3 is 1. The van der Waals surface area contributed by atoms with Crippen LogP contribution in [0.2, 0.25) is 0 Å². The fourth-order valence-corrected chi connectivity index (χ4v) is 1.52. The Morgan fingerprint density at radius 1 is 1.71 bits per heavy atom. The van der Waals surface area contributed by atoms with Gasteiger partial charge in [-0.3, -0.25) is 4.68 Å². The van der Waals surface area contributed by atoms with E-state index in [4.69, 9.17) is 4.74 Å². The second kappa shape index (κ2) is 3.44. The molecule has 4 heteroatoms. The predicted molar refractivity (Wildman–Crippen MR) is 51.2 cm³/mol. The molecule has 0 aliphatic heterocycles. The van der Waals surface area contributed by atoms with E-state index in [1.54, 1.807) is 10.9 Å². The topological polar surface area (TPSA) is 44.1 Å². The van der Waals surface area contributed by atoms with E-state index in [0.717, 1.165) is 25.1 Å². The zero-order valence-corrected chi connectivity index (χ0v) is 8.49. The van der Waals surface area contributed by atoms with Crippen molar-refractivity contribution in [1.29, 1.82) is 0 Å². The van der Waals surface area contributed by atoms with Gasteiger partial charge in [-0.2, -0.15) is 5.10 Å². The molecule has 0 atom stereocenters. The molecule has 0 radical (unpaired) electrons. The van der Waals surface area contributed by atoms with Crippen LogP contribution in [0.5, 0.6) is 0 Å². The van der Waals surface area contributed by atoms with Crippen molar-refractivity contribution in [2.75, 3.05) is 7.11 Å². The molecule has 76 valence electrons. The average Bonchev–Trinajstić information content (AvgIpc) is 2.97. The van der Waals surface area contributed by atoms with Crippen molar-refractivity contribution in [2.24, 2.45) is 0 Å². The van der Waals surface area contributed by atoms with Crippen LogP contribution in [0.1, 0.15) is 41.7 Å². The highest BCUT2D eigenvalue weighted by atomic mass is 16.5. The second-order valence-electron chi connectivity index (χ2n) is 3.55. The standard InChI is InChI=1S/C10H14N2O2/c1-3-12-6-8(10(13)14-2)9(11-12)7-4-5-7/h6-7H,3-5H2,1-2H3. The summed E-state index contributed by atoms with van der Waals surface area (Å²) in [6.07, 6.45) is 4.06. The summed E-state index contributed by atoms with van der Waals surface area (Å²) >= 11 is 0. The molecule has 1 heterocycles. The molecule has 14 heavy (non-hydrogen) atoms. The molecule has 1 aliphatic carbocycles. The SMILES string of the molecule is CCn1cc(C(=O)OC)c(C2CC2)n1. The first-order valence-corrected chi connectivity index (χ1v) is 4.92. The first kappa shape index (κ1) is 9.24. The normalized spacial score (nSPS) is 15.6. The largest absolute Gasteiger partial charge is 0.465 e. The Balaban J connectivity index is 2.34. The summed E-state index contributed by atoms with van der Waals surface area (Å²) in [5.41, 5.74) is 1.55. The molecule has 1 fully saturated rings. The average molecular weight is 194 g/mol. The van der Waals surface area contributed by atoms with Crippen molar-refractivity contribution < 1.29 is 9.53 Å². The Labute approximate surface area is 82.9 Å². The molecule has 1 aromatic heterocycles. The van der Waals surface area contributed by atoms with Crippen molar-refractivity contribution >= 4 is 5.97 Å². The number of esters is 1. The van der Waals surface area contributed by atoms with Gasteiger partial charge in [0.25, 0.3) is 0 Å². The van der Waals surface area contributed by atoms with Crippen molar-refractivity contribution in [3.63, 3.8) is 0 Å². The van der Waals surface area contributed by atoms with Gasteiger partial charge in [0, 0.05) is 18.7 Å². The van der Waals surface area contributed by atoms with E-state index < -0.39 is 0 Å². The summed E-state index contributed by atoms with van der Waals surface area (Å²) in [6.45, 7) is 2.79. The molecule has 0 aromatic carbocycles. The third kappa shape index (κ3) is 1.52. The van der Waals surface area contributed by atoms with Gasteiger partial charge in [-0.05, 0) is 19.8 Å². The Kier molecular flexibility index (Phi) is 2.27. The quantitative estimate of drug-likeness (QED) is 0.686. The fraction of sp³-hybridized carbons (Fsp3) is 0.600. The number of rotatable bonds is 3. The molecule has 4 nitrogen and oxygen atoms in total. The minimum absolute atomic E-state index is 0.272. The van der Waals surface area contributed by atoms with Crippen LogP contribution in [0.15, 0.2) is 6.20 Å². The monoisotopic (exact) mass is 194 g/mol. The van der Waals surface area contributed by atoms with Gasteiger partial charge < -0.3 is 4.74 Å². The van der Waals surface area contributed by atoms with Gasteiger partial charge in [0.1, 0.15) is 5.56 Å². The van der Waals surface area contributed by atoms with Gasteiger partial charge in [-0.25, -0.2) is 4.79 Å². The van der Waals surface area contributed by atoms with E-state index in [0.29, 0.717) is 11.5 Å². The van der Waals surface area contributed by atoms with E-state index >= 15 is 0 Å². The summed E-state index contributed by atoms with van der Waals surface area (Å²) in [6, 6.07) is 0. The molecule has 1 aliphatic rings. The molecule has 0 bridgehead atoms.